The van der Waals surface area contributed by atoms with E-state index in [1.54, 1.807) is 49.1 Å². The summed E-state index contributed by atoms with van der Waals surface area (Å²) in [5.41, 5.74) is 0. The van der Waals surface area contributed by atoms with Crippen LogP contribution in [-0.4, -0.2) is 174 Å². The zero-order chi connectivity index (χ0) is 27.7. The van der Waals surface area contributed by atoms with Crippen LogP contribution in [0.25, 0.3) is 0 Å². The Morgan fingerprint density at radius 1 is 0.222 bits per heavy atom. The van der Waals surface area contributed by atoms with Crippen molar-refractivity contribution in [3.8, 4) is 0 Å². The van der Waals surface area contributed by atoms with E-state index in [4.69, 9.17) is 0 Å². The van der Waals surface area contributed by atoms with Gasteiger partial charge in [0.25, 0.3) is 0 Å². The molecule has 0 spiro atoms. The molecule has 0 aromatic rings. The Balaban J connectivity index is 0.000000270. The first-order valence-corrected chi connectivity index (χ1v) is 54.0. The topological polar surface area (TPSA) is 0 Å². The van der Waals surface area contributed by atoms with E-state index < -0.39 is 48.4 Å². The Bertz CT molecular complexity index is 467. The van der Waals surface area contributed by atoms with Crippen LogP contribution in [0.15, 0.2) is 0 Å². The molecule has 0 unspecified atom stereocenters. The Morgan fingerprint density at radius 2 is 0.306 bits per heavy atom. The van der Waals surface area contributed by atoms with Gasteiger partial charge in [-0.3, -0.25) is 0 Å². The average Bonchev–Trinajstić information content (AvgIpc) is 2.64. The van der Waals surface area contributed by atoms with Gasteiger partial charge in [0.05, 0.1) is 0 Å². The van der Waals surface area contributed by atoms with E-state index in [0.29, 0.717) is 126 Å². The molecule has 3 aliphatic heterocycles. The van der Waals surface area contributed by atoms with Crippen LogP contribution in [0.1, 0.15) is 0 Å². The van der Waals surface area contributed by atoms with Crippen molar-refractivity contribution in [1.29, 1.82) is 0 Å². The van der Waals surface area contributed by atoms with Crippen LogP contribution in [0.3, 0.4) is 0 Å². The van der Waals surface area contributed by atoms with Crippen molar-refractivity contribution in [1.82, 2.24) is 0 Å². The SMILES string of the molecule is C[Si]1(C)C[Te]C[Si](C)(C)C[Te]C1.C[Si]1(C)C[Te]C[Si](C)(C)C[Te]C1.C[Si]1(C)C[Te]C[Si](C)(C)C[Te]C1. The molecule has 12 heteroatoms. The predicted octanol–water partition coefficient (Wildman–Crippen LogP) is 7.97. The van der Waals surface area contributed by atoms with E-state index in [1.807, 2.05) is 0 Å². The fourth-order valence-corrected chi connectivity index (χ4v) is 119. The van der Waals surface area contributed by atoms with Crippen LogP contribution >= 0.6 is 0 Å². The zero-order valence-corrected chi connectivity index (χ0v) is 45.9. The maximum absolute atomic E-state index is 2.64. The third-order valence-electron chi connectivity index (χ3n) is 5.91. The molecular weight excluding hydrogens is 1220 g/mol. The average molecular weight is 1280 g/mol. The van der Waals surface area contributed by atoms with E-state index in [2.05, 4.69) is 78.6 Å². The Morgan fingerprint density at radius 3 is 0.389 bits per heavy atom. The molecule has 0 radical (unpaired) electrons. The summed E-state index contributed by atoms with van der Waals surface area (Å²) in [6.07, 6.45) is 0. The molecule has 3 heterocycles. The first kappa shape index (κ1) is 40.1. The second-order valence-corrected chi connectivity index (χ2v) is 82.0. The van der Waals surface area contributed by atoms with Crippen molar-refractivity contribution in [2.24, 2.45) is 0 Å². The van der Waals surface area contributed by atoms with Gasteiger partial charge >= 0.3 is 302 Å². The van der Waals surface area contributed by atoms with Gasteiger partial charge in [-0.05, 0) is 0 Å². The molecule has 0 N–H and O–H groups in total. The van der Waals surface area contributed by atoms with Gasteiger partial charge in [0.15, 0.2) is 0 Å². The predicted molar refractivity (Wildman–Crippen MR) is 197 cm³/mol. The van der Waals surface area contributed by atoms with Crippen LogP contribution in [-0.2, 0) is 0 Å². The molecule has 0 aromatic carbocycles. The van der Waals surface area contributed by atoms with Crippen molar-refractivity contribution in [2.45, 2.75) is 128 Å². The van der Waals surface area contributed by atoms with Gasteiger partial charge in [0, 0.05) is 0 Å². The Kier molecular flexibility index (Phi) is 20.3. The second kappa shape index (κ2) is 18.3. The summed E-state index contributed by atoms with van der Waals surface area (Å²) in [5, 5.41) is 0. The first-order valence-electron chi connectivity index (χ1n) is 13.7. The molecule has 3 aliphatic rings. The maximum atomic E-state index is 2.64. The summed E-state index contributed by atoms with van der Waals surface area (Å²) in [5.74, 6) is 0. The van der Waals surface area contributed by atoms with Crippen LogP contribution in [0.4, 0.5) is 0 Å². The minimum atomic E-state index is -0.598. The second-order valence-electron chi connectivity index (χ2n) is 15.9. The summed E-state index contributed by atoms with van der Waals surface area (Å²) in [4.78, 5) is 0. The quantitative estimate of drug-likeness (QED) is 0.216. The molecule has 0 amide bonds. The van der Waals surface area contributed by atoms with Gasteiger partial charge in [-0.2, -0.15) is 0 Å². The molecule has 0 aliphatic carbocycles. The van der Waals surface area contributed by atoms with Crippen molar-refractivity contribution in [3.05, 3.63) is 0 Å². The van der Waals surface area contributed by atoms with Crippen molar-refractivity contribution < 1.29 is 0 Å². The van der Waals surface area contributed by atoms with Crippen LogP contribution in [0.2, 0.25) is 128 Å². The number of hydrogen-bond acceptors (Lipinski definition) is 0. The molecule has 216 valence electrons. The minimum absolute atomic E-state index is 0.463. The van der Waals surface area contributed by atoms with Gasteiger partial charge < -0.3 is 0 Å². The summed E-state index contributed by atoms with van der Waals surface area (Å²) in [6.45, 7) is 31.7. The zero-order valence-electron chi connectivity index (χ0n) is 25.9. The molecule has 0 atom stereocenters. The number of hydrogen-bond donors (Lipinski definition) is 0. The first-order chi connectivity index (χ1) is 16.2. The van der Waals surface area contributed by atoms with E-state index in [-0.39, 0.29) is 0 Å². The molecule has 3 saturated heterocycles. The standard InChI is InChI=1S/3C8H20Si2Te2/c3*1-9(2)5-11-7-10(3,4)8-12-6-9/h3*5-8H2,1-4H3. The van der Waals surface area contributed by atoms with Crippen molar-refractivity contribution in [3.63, 3.8) is 0 Å². The molecule has 0 saturated carbocycles. The number of rotatable bonds is 0. The van der Waals surface area contributed by atoms with Crippen LogP contribution in [0, 0.1) is 0 Å². The fourth-order valence-electron chi connectivity index (χ4n) is 3.87. The Labute approximate surface area is 296 Å². The van der Waals surface area contributed by atoms with E-state index in [0.717, 1.165) is 0 Å². The van der Waals surface area contributed by atoms with E-state index in [1.165, 1.54) is 0 Å². The molecule has 0 bridgehead atoms. The third-order valence-corrected chi connectivity index (χ3v) is 119. The monoisotopic (exact) mass is 1300 g/mol. The van der Waals surface area contributed by atoms with Crippen molar-refractivity contribution >= 4 is 174 Å². The Hall–Kier alpha value is 6.04. The molecular formula is C24H60Si6Te6. The van der Waals surface area contributed by atoms with Gasteiger partial charge in [0.2, 0.25) is 0 Å². The third kappa shape index (κ3) is 20.9. The summed E-state index contributed by atoms with van der Waals surface area (Å²) < 4.78 is 21.2. The molecule has 3 rings (SSSR count). The summed E-state index contributed by atoms with van der Waals surface area (Å²) in [7, 11) is -3.59. The fraction of sp³-hybridized carbons (Fsp3) is 1.00. The molecule has 3 fully saturated rings. The van der Waals surface area contributed by atoms with Crippen LogP contribution < -0.4 is 0 Å². The van der Waals surface area contributed by atoms with E-state index in [9.17, 15) is 0 Å². The van der Waals surface area contributed by atoms with E-state index >= 15 is 0 Å². The van der Waals surface area contributed by atoms with Gasteiger partial charge in [-0.15, -0.1) is 0 Å². The van der Waals surface area contributed by atoms with Gasteiger partial charge in [-0.1, -0.05) is 0 Å². The summed E-state index contributed by atoms with van der Waals surface area (Å²) in [6, 6.07) is 0. The van der Waals surface area contributed by atoms with Gasteiger partial charge in [0.1, 0.15) is 0 Å². The normalized spacial score (nSPS) is 29.0. The summed E-state index contributed by atoms with van der Waals surface area (Å²) >= 11 is 2.78. The van der Waals surface area contributed by atoms with Gasteiger partial charge in [-0.25, -0.2) is 0 Å². The molecule has 0 aromatic heterocycles. The molecule has 36 heavy (non-hydrogen) atoms. The van der Waals surface area contributed by atoms with Crippen LogP contribution in [0.5, 0.6) is 0 Å². The molecule has 0 nitrogen and oxygen atoms in total. The van der Waals surface area contributed by atoms with Crippen molar-refractivity contribution in [2.75, 3.05) is 0 Å².